The zero-order valence-electron chi connectivity index (χ0n) is 10.1. The third-order valence-corrected chi connectivity index (χ3v) is 5.58. The minimum absolute atomic E-state index is 0.0842. The average Bonchev–Trinajstić information content (AvgIpc) is 2.27. The van der Waals surface area contributed by atoms with Crippen LogP contribution in [-0.4, -0.2) is 25.7 Å². The number of halogens is 1. The van der Waals surface area contributed by atoms with E-state index in [1.807, 2.05) is 6.92 Å². The predicted octanol–water partition coefficient (Wildman–Crippen LogP) is 1.95. The average molecular weight is 334 g/mol. The van der Waals surface area contributed by atoms with Gasteiger partial charge in [-0.2, -0.15) is 0 Å². The van der Waals surface area contributed by atoms with Gasteiger partial charge in [0.25, 0.3) is 0 Å². The van der Waals surface area contributed by atoms with Gasteiger partial charge in [0.1, 0.15) is 0 Å². The summed E-state index contributed by atoms with van der Waals surface area (Å²) in [7, 11) is -3.55. The van der Waals surface area contributed by atoms with E-state index in [0.29, 0.717) is 12.8 Å². The van der Waals surface area contributed by atoms with E-state index in [0.717, 1.165) is 16.5 Å². The second kappa shape index (κ2) is 4.92. The van der Waals surface area contributed by atoms with E-state index in [9.17, 15) is 13.5 Å². The first-order valence-electron chi connectivity index (χ1n) is 5.81. The molecule has 0 bridgehead atoms. The molecule has 1 aliphatic carbocycles. The van der Waals surface area contributed by atoms with Crippen molar-refractivity contribution in [3.63, 3.8) is 0 Å². The monoisotopic (exact) mass is 333 g/mol. The van der Waals surface area contributed by atoms with E-state index in [-0.39, 0.29) is 11.4 Å². The highest BCUT2D eigenvalue weighted by atomic mass is 79.9. The van der Waals surface area contributed by atoms with Gasteiger partial charge in [-0.1, -0.05) is 22.0 Å². The van der Waals surface area contributed by atoms with Crippen molar-refractivity contribution in [2.24, 2.45) is 0 Å². The van der Waals surface area contributed by atoms with Crippen LogP contribution < -0.4 is 4.72 Å². The van der Waals surface area contributed by atoms with E-state index >= 15 is 0 Å². The summed E-state index contributed by atoms with van der Waals surface area (Å²) >= 11 is 3.31. The fourth-order valence-electron chi connectivity index (χ4n) is 1.82. The van der Waals surface area contributed by atoms with E-state index in [1.54, 1.807) is 18.2 Å². The van der Waals surface area contributed by atoms with Gasteiger partial charge < -0.3 is 5.11 Å². The number of aliphatic hydroxyl groups is 1. The number of rotatable bonds is 4. The third-order valence-electron chi connectivity index (χ3n) is 3.33. The minimum atomic E-state index is -3.55. The first-order valence-corrected chi connectivity index (χ1v) is 8.08. The maximum absolute atomic E-state index is 12.0. The van der Waals surface area contributed by atoms with Crippen molar-refractivity contribution in [2.45, 2.75) is 36.7 Å². The molecule has 0 amide bonds. The Balaban J connectivity index is 2.12. The lowest BCUT2D eigenvalue weighted by molar-refractivity contribution is -0.0270. The Labute approximate surface area is 116 Å². The molecule has 100 valence electrons. The molecule has 2 N–H and O–H groups in total. The standard InChI is InChI=1S/C12H16BrNO3S/c1-9-3-4-10(7-11(9)13)18(16,17)14-8-12(15)5-2-6-12/h3-4,7,14-15H,2,5-6,8H2,1H3. The Morgan fingerprint density at radius 3 is 2.61 bits per heavy atom. The van der Waals surface area contributed by atoms with Gasteiger partial charge in [0.15, 0.2) is 0 Å². The fourth-order valence-corrected chi connectivity index (χ4v) is 3.49. The lowest BCUT2D eigenvalue weighted by atomic mass is 9.81. The van der Waals surface area contributed by atoms with Crippen LogP contribution in [0.2, 0.25) is 0 Å². The summed E-state index contributed by atoms with van der Waals surface area (Å²) in [4.78, 5) is 0.211. The van der Waals surface area contributed by atoms with Crippen molar-refractivity contribution >= 4 is 26.0 Å². The van der Waals surface area contributed by atoms with Crippen LogP contribution in [0.15, 0.2) is 27.6 Å². The Morgan fingerprint density at radius 1 is 1.44 bits per heavy atom. The van der Waals surface area contributed by atoms with Gasteiger partial charge in [0.05, 0.1) is 10.5 Å². The number of aryl methyl sites for hydroxylation is 1. The van der Waals surface area contributed by atoms with Crippen molar-refractivity contribution in [3.05, 3.63) is 28.2 Å². The van der Waals surface area contributed by atoms with Gasteiger partial charge in [-0.3, -0.25) is 0 Å². The quantitative estimate of drug-likeness (QED) is 0.884. The van der Waals surface area contributed by atoms with Gasteiger partial charge in [0, 0.05) is 11.0 Å². The second-order valence-corrected chi connectivity index (χ2v) is 7.43. The van der Waals surface area contributed by atoms with Crippen LogP contribution in [-0.2, 0) is 10.0 Å². The zero-order chi connectivity index (χ0) is 13.4. The molecule has 1 aromatic carbocycles. The second-order valence-electron chi connectivity index (χ2n) is 4.81. The molecule has 1 aromatic rings. The van der Waals surface area contributed by atoms with Crippen molar-refractivity contribution in [2.75, 3.05) is 6.54 Å². The summed E-state index contributed by atoms with van der Waals surface area (Å²) in [6.07, 6.45) is 2.27. The van der Waals surface area contributed by atoms with Crippen molar-refractivity contribution < 1.29 is 13.5 Å². The predicted molar refractivity (Wildman–Crippen MR) is 72.9 cm³/mol. The molecule has 4 nitrogen and oxygen atoms in total. The van der Waals surface area contributed by atoms with Gasteiger partial charge in [-0.05, 0) is 43.9 Å². The third kappa shape index (κ3) is 2.93. The molecule has 6 heteroatoms. The van der Waals surface area contributed by atoms with Crippen LogP contribution in [0.4, 0.5) is 0 Å². The van der Waals surface area contributed by atoms with E-state index in [1.165, 1.54) is 0 Å². The molecule has 0 aliphatic heterocycles. The maximum atomic E-state index is 12.0. The summed E-state index contributed by atoms with van der Waals surface area (Å²) in [5, 5.41) is 9.88. The first kappa shape index (κ1) is 14.0. The Bertz CT molecular complexity index is 552. The number of sulfonamides is 1. The zero-order valence-corrected chi connectivity index (χ0v) is 12.5. The van der Waals surface area contributed by atoms with Crippen molar-refractivity contribution in [3.8, 4) is 0 Å². The highest BCUT2D eigenvalue weighted by molar-refractivity contribution is 9.10. The summed E-state index contributed by atoms with van der Waals surface area (Å²) < 4.78 is 27.3. The number of benzene rings is 1. The molecule has 2 rings (SSSR count). The number of hydrogen-bond acceptors (Lipinski definition) is 3. The normalized spacial score (nSPS) is 18.4. The number of nitrogens with one attached hydrogen (secondary N) is 1. The highest BCUT2D eigenvalue weighted by Crippen LogP contribution is 2.31. The SMILES string of the molecule is Cc1ccc(S(=O)(=O)NCC2(O)CCC2)cc1Br. The molecule has 1 fully saturated rings. The summed E-state index contributed by atoms with van der Waals surface area (Å²) in [5.41, 5.74) is 0.126. The molecule has 1 saturated carbocycles. The Hall–Kier alpha value is -0.430. The van der Waals surface area contributed by atoms with Crippen LogP contribution in [0.3, 0.4) is 0 Å². The Morgan fingerprint density at radius 2 is 2.11 bits per heavy atom. The topological polar surface area (TPSA) is 66.4 Å². The summed E-state index contributed by atoms with van der Waals surface area (Å²) in [6.45, 7) is 1.98. The lowest BCUT2D eigenvalue weighted by Gasteiger charge is -2.36. The van der Waals surface area contributed by atoms with Crippen LogP contribution >= 0.6 is 15.9 Å². The molecule has 0 atom stereocenters. The molecule has 1 aliphatic rings. The van der Waals surface area contributed by atoms with Gasteiger partial charge in [0.2, 0.25) is 10.0 Å². The van der Waals surface area contributed by atoms with Crippen LogP contribution in [0, 0.1) is 6.92 Å². The molecular formula is C12H16BrNO3S. The van der Waals surface area contributed by atoms with Gasteiger partial charge in [-0.25, -0.2) is 13.1 Å². The van der Waals surface area contributed by atoms with Crippen LogP contribution in [0.1, 0.15) is 24.8 Å². The Kier molecular flexibility index (Phi) is 3.82. The molecule has 0 aromatic heterocycles. The lowest BCUT2D eigenvalue weighted by Crippen LogP contribution is -2.47. The molecule has 18 heavy (non-hydrogen) atoms. The van der Waals surface area contributed by atoms with Gasteiger partial charge in [-0.15, -0.1) is 0 Å². The van der Waals surface area contributed by atoms with Gasteiger partial charge >= 0.3 is 0 Å². The van der Waals surface area contributed by atoms with Crippen molar-refractivity contribution in [1.29, 1.82) is 0 Å². The minimum Gasteiger partial charge on any atom is -0.389 e. The van der Waals surface area contributed by atoms with Crippen LogP contribution in [0.25, 0.3) is 0 Å². The smallest absolute Gasteiger partial charge is 0.240 e. The first-order chi connectivity index (χ1) is 8.32. The molecule has 0 spiro atoms. The van der Waals surface area contributed by atoms with Crippen molar-refractivity contribution in [1.82, 2.24) is 4.72 Å². The van der Waals surface area contributed by atoms with E-state index < -0.39 is 15.6 Å². The fraction of sp³-hybridized carbons (Fsp3) is 0.500. The highest BCUT2D eigenvalue weighted by Gasteiger charge is 2.35. The van der Waals surface area contributed by atoms with Crippen LogP contribution in [0.5, 0.6) is 0 Å². The molecule has 0 radical (unpaired) electrons. The molecular weight excluding hydrogens is 318 g/mol. The summed E-state index contributed by atoms with van der Waals surface area (Å²) in [6, 6.07) is 4.88. The maximum Gasteiger partial charge on any atom is 0.240 e. The molecule has 0 saturated heterocycles. The summed E-state index contributed by atoms with van der Waals surface area (Å²) in [5.74, 6) is 0. The molecule has 0 heterocycles. The number of hydrogen-bond donors (Lipinski definition) is 2. The van der Waals surface area contributed by atoms with E-state index in [4.69, 9.17) is 0 Å². The largest absolute Gasteiger partial charge is 0.389 e. The molecule has 0 unspecified atom stereocenters. The van der Waals surface area contributed by atoms with E-state index in [2.05, 4.69) is 20.7 Å².